The van der Waals surface area contributed by atoms with E-state index in [1.165, 1.54) is 6.07 Å². The van der Waals surface area contributed by atoms with Crippen LogP contribution in [0.5, 0.6) is 0 Å². The lowest BCUT2D eigenvalue weighted by molar-refractivity contribution is -0.147. The minimum Gasteiger partial charge on any atom is -0.348 e. The summed E-state index contributed by atoms with van der Waals surface area (Å²) in [5.41, 5.74) is 0.682. The highest BCUT2D eigenvalue weighted by molar-refractivity contribution is 7.89. The third-order valence-electron chi connectivity index (χ3n) is 6.35. The molecule has 3 rings (SSSR count). The number of amides is 1. The first kappa shape index (κ1) is 31.1. The number of halogens is 5. The van der Waals surface area contributed by atoms with E-state index >= 15 is 0 Å². The van der Waals surface area contributed by atoms with Gasteiger partial charge in [0.1, 0.15) is 10.9 Å². The molecule has 14 heteroatoms. The number of sulfonamides is 1. The number of benzene rings is 1. The molecule has 0 bridgehead atoms. The van der Waals surface area contributed by atoms with E-state index in [0.717, 1.165) is 43.2 Å². The summed E-state index contributed by atoms with van der Waals surface area (Å²) >= 11 is 13.9. The third-order valence-corrected chi connectivity index (χ3v) is 10.1. The van der Waals surface area contributed by atoms with E-state index in [4.69, 9.17) is 23.2 Å². The number of nitrogens with zero attached hydrogens (tertiary/aromatic N) is 1. The van der Waals surface area contributed by atoms with Gasteiger partial charge in [-0.25, -0.2) is 13.4 Å². The van der Waals surface area contributed by atoms with Crippen LogP contribution in [0, 0.1) is 5.92 Å². The molecule has 1 aromatic heterocycles. The Labute approximate surface area is 234 Å². The van der Waals surface area contributed by atoms with Crippen LogP contribution in [-0.4, -0.2) is 50.2 Å². The smallest absolute Gasteiger partial charge is 0.348 e. The summed E-state index contributed by atoms with van der Waals surface area (Å²) in [6, 6.07) is 0.172. The predicted octanol–water partition coefficient (Wildman–Crippen LogP) is 5.81. The van der Waals surface area contributed by atoms with Gasteiger partial charge in [0.25, 0.3) is 5.91 Å². The summed E-state index contributed by atoms with van der Waals surface area (Å²) in [6.45, 7) is 7.71. The Morgan fingerprint density at radius 3 is 2.42 bits per heavy atom. The van der Waals surface area contributed by atoms with E-state index in [1.54, 1.807) is 4.72 Å². The van der Waals surface area contributed by atoms with Crippen molar-refractivity contribution in [1.82, 2.24) is 20.3 Å². The molecule has 1 aliphatic rings. The van der Waals surface area contributed by atoms with E-state index in [2.05, 4.69) is 15.6 Å². The highest BCUT2D eigenvalue weighted by Crippen LogP contribution is 2.43. The van der Waals surface area contributed by atoms with Crippen molar-refractivity contribution >= 4 is 50.5 Å². The third kappa shape index (κ3) is 7.39. The molecule has 2 aromatic rings. The van der Waals surface area contributed by atoms with Gasteiger partial charge < -0.3 is 10.6 Å². The second kappa shape index (κ2) is 12.0. The van der Waals surface area contributed by atoms with Crippen LogP contribution < -0.4 is 15.4 Å². The van der Waals surface area contributed by atoms with E-state index < -0.39 is 32.2 Å². The standard InChI is InChI=1S/C24H31Cl2F3N4O3S2/c1-5-31-23(3,4)12-30-21(34)22-32-16(11-14-7-6-8-14)20(37-22)15-9-10-17(19(26)18(15)25)38(35,36)33-13(2)24(27,28)29/h9-10,13-14,31,33H,5-8,11-12H2,1-4H3,(H,30,34)/t13-/m0/s1. The van der Waals surface area contributed by atoms with Gasteiger partial charge in [-0.05, 0) is 45.7 Å². The lowest BCUT2D eigenvalue weighted by Gasteiger charge is -2.25. The van der Waals surface area contributed by atoms with Gasteiger partial charge in [-0.1, -0.05) is 55.5 Å². The molecular formula is C24H31Cl2F3N4O3S2. The highest BCUT2D eigenvalue weighted by atomic mass is 35.5. The zero-order valence-corrected chi connectivity index (χ0v) is 24.6. The molecule has 212 valence electrons. The van der Waals surface area contributed by atoms with E-state index in [9.17, 15) is 26.4 Å². The molecule has 0 aliphatic heterocycles. The Kier molecular flexibility index (Phi) is 9.80. The Morgan fingerprint density at radius 1 is 1.21 bits per heavy atom. The van der Waals surface area contributed by atoms with Crippen molar-refractivity contribution in [3.8, 4) is 10.4 Å². The summed E-state index contributed by atoms with van der Waals surface area (Å²) in [4.78, 5) is 17.5. The van der Waals surface area contributed by atoms with Crippen LogP contribution in [0.3, 0.4) is 0 Å². The molecule has 1 atom stereocenters. The molecule has 1 aliphatic carbocycles. The first-order chi connectivity index (χ1) is 17.6. The lowest BCUT2D eigenvalue weighted by atomic mass is 9.82. The number of hydrogen-bond acceptors (Lipinski definition) is 6. The van der Waals surface area contributed by atoms with Crippen LogP contribution in [0.1, 0.15) is 62.5 Å². The topological polar surface area (TPSA) is 100 Å². The molecular weight excluding hydrogens is 584 g/mol. The number of alkyl halides is 3. The predicted molar refractivity (Wildman–Crippen MR) is 145 cm³/mol. The van der Waals surface area contributed by atoms with Crippen molar-refractivity contribution < 1.29 is 26.4 Å². The largest absolute Gasteiger partial charge is 0.404 e. The molecule has 0 unspecified atom stereocenters. The average molecular weight is 616 g/mol. The summed E-state index contributed by atoms with van der Waals surface area (Å²) in [5, 5.41) is 5.85. The molecule has 0 spiro atoms. The van der Waals surface area contributed by atoms with Crippen molar-refractivity contribution in [2.45, 2.75) is 76.0 Å². The maximum Gasteiger partial charge on any atom is 0.404 e. The maximum absolute atomic E-state index is 13.0. The van der Waals surface area contributed by atoms with Crippen molar-refractivity contribution in [2.24, 2.45) is 5.92 Å². The van der Waals surface area contributed by atoms with Gasteiger partial charge >= 0.3 is 6.18 Å². The normalized spacial score (nSPS) is 15.8. The zero-order valence-electron chi connectivity index (χ0n) is 21.4. The average Bonchev–Trinajstić information content (AvgIpc) is 3.19. The molecule has 1 heterocycles. The van der Waals surface area contributed by atoms with Crippen molar-refractivity contribution in [3.63, 3.8) is 0 Å². The molecule has 7 nitrogen and oxygen atoms in total. The van der Waals surface area contributed by atoms with Crippen LogP contribution >= 0.6 is 34.5 Å². The summed E-state index contributed by atoms with van der Waals surface area (Å²) in [7, 11) is -4.62. The van der Waals surface area contributed by atoms with E-state index in [0.29, 0.717) is 41.9 Å². The van der Waals surface area contributed by atoms with Gasteiger partial charge in [-0.3, -0.25) is 4.79 Å². The molecule has 0 radical (unpaired) electrons. The SMILES string of the molecule is CCNC(C)(C)CNC(=O)c1nc(CC2CCC2)c(-c2ccc(S(=O)(=O)N[C@@H](C)C(F)(F)F)c(Cl)c2Cl)s1. The van der Waals surface area contributed by atoms with Crippen LogP contribution in [0.2, 0.25) is 10.0 Å². The van der Waals surface area contributed by atoms with Gasteiger partial charge in [0.2, 0.25) is 10.0 Å². The minimum atomic E-state index is -4.78. The first-order valence-electron chi connectivity index (χ1n) is 12.2. The Balaban J connectivity index is 1.95. The van der Waals surface area contributed by atoms with E-state index in [1.807, 2.05) is 20.8 Å². The van der Waals surface area contributed by atoms with Gasteiger partial charge in [-0.2, -0.15) is 17.9 Å². The molecule has 1 fully saturated rings. The van der Waals surface area contributed by atoms with Gasteiger partial charge in [-0.15, -0.1) is 11.3 Å². The molecule has 1 saturated carbocycles. The maximum atomic E-state index is 13.0. The Hall–Kier alpha value is -1.44. The highest BCUT2D eigenvalue weighted by Gasteiger charge is 2.39. The number of hydrogen-bond donors (Lipinski definition) is 3. The molecule has 0 saturated heterocycles. The fourth-order valence-electron chi connectivity index (χ4n) is 3.96. The van der Waals surface area contributed by atoms with Gasteiger partial charge in [0, 0.05) is 17.6 Å². The van der Waals surface area contributed by atoms with Crippen LogP contribution in [-0.2, 0) is 16.4 Å². The Bertz CT molecular complexity index is 1280. The molecule has 38 heavy (non-hydrogen) atoms. The quantitative estimate of drug-likeness (QED) is 0.297. The van der Waals surface area contributed by atoms with E-state index in [-0.39, 0.29) is 21.5 Å². The number of rotatable bonds is 11. The second-order valence-corrected chi connectivity index (χ2v) is 13.5. The van der Waals surface area contributed by atoms with Crippen LogP contribution in [0.25, 0.3) is 10.4 Å². The van der Waals surface area contributed by atoms with Crippen molar-refractivity contribution in [2.75, 3.05) is 13.1 Å². The van der Waals surface area contributed by atoms with Crippen LogP contribution in [0.15, 0.2) is 17.0 Å². The number of aromatic nitrogens is 1. The summed E-state index contributed by atoms with van der Waals surface area (Å²) in [6.07, 6.45) is -0.991. The molecule has 1 amide bonds. The molecule has 3 N–H and O–H groups in total. The number of nitrogens with one attached hydrogen (secondary N) is 3. The second-order valence-electron chi connectivity index (χ2n) is 10.0. The fourth-order valence-corrected chi connectivity index (χ4v) is 7.16. The molecule has 1 aromatic carbocycles. The monoisotopic (exact) mass is 614 g/mol. The fraction of sp³-hybridized carbons (Fsp3) is 0.583. The van der Waals surface area contributed by atoms with Gasteiger partial charge in [0.05, 0.1) is 20.6 Å². The van der Waals surface area contributed by atoms with Crippen molar-refractivity contribution in [3.05, 3.63) is 32.9 Å². The minimum absolute atomic E-state index is 0.145. The van der Waals surface area contributed by atoms with Crippen LogP contribution in [0.4, 0.5) is 13.2 Å². The number of likely N-dealkylation sites (N-methyl/N-ethyl adjacent to an activating group) is 1. The lowest BCUT2D eigenvalue weighted by Crippen LogP contribution is -2.48. The summed E-state index contributed by atoms with van der Waals surface area (Å²) < 4.78 is 65.7. The zero-order chi connectivity index (χ0) is 28.5. The Morgan fingerprint density at radius 2 is 1.87 bits per heavy atom. The number of carbonyl (C=O) groups is 1. The van der Waals surface area contributed by atoms with Crippen molar-refractivity contribution in [1.29, 1.82) is 0 Å². The summed E-state index contributed by atoms with van der Waals surface area (Å²) in [5.74, 6) is 0.0512. The first-order valence-corrected chi connectivity index (χ1v) is 15.2. The number of thiazole rings is 1. The number of carbonyl (C=O) groups excluding carboxylic acids is 1. The van der Waals surface area contributed by atoms with Gasteiger partial charge in [0.15, 0.2) is 5.01 Å².